The van der Waals surface area contributed by atoms with Crippen LogP contribution in [-0.4, -0.2) is 23.8 Å². The molecule has 2 aromatic rings. The molecule has 0 spiro atoms. The molecule has 4 rings (SSSR count). The molecule has 2 N–H and O–H groups in total. The Kier molecular flexibility index (Phi) is 6.44. The first-order valence-electron chi connectivity index (χ1n) is 10.4. The summed E-state index contributed by atoms with van der Waals surface area (Å²) in [5, 5.41) is 20.3. The molecule has 6 nitrogen and oxygen atoms in total. The van der Waals surface area contributed by atoms with Gasteiger partial charge in [-0.25, -0.2) is 4.99 Å². The van der Waals surface area contributed by atoms with E-state index in [0.717, 1.165) is 21.6 Å². The molecule has 0 aromatic heterocycles. The smallest absolute Gasteiger partial charge is 0.238 e. The van der Waals surface area contributed by atoms with Crippen LogP contribution in [0.1, 0.15) is 35.1 Å². The maximum absolute atomic E-state index is 13.1. The number of carbonyl (C=O) groups excluding carboxylic acids is 1. The van der Waals surface area contributed by atoms with Crippen LogP contribution in [0, 0.1) is 28.6 Å². The van der Waals surface area contributed by atoms with Crippen LogP contribution in [0.25, 0.3) is 11.6 Å². The van der Waals surface area contributed by atoms with Crippen molar-refractivity contribution in [3.05, 3.63) is 92.9 Å². The number of guanidine groups is 1. The van der Waals surface area contributed by atoms with E-state index >= 15 is 0 Å². The van der Waals surface area contributed by atoms with Gasteiger partial charge < -0.3 is 5.73 Å². The van der Waals surface area contributed by atoms with Crippen LogP contribution >= 0.6 is 11.8 Å². The third-order valence-electron chi connectivity index (χ3n) is 5.58. The van der Waals surface area contributed by atoms with Crippen molar-refractivity contribution in [2.45, 2.75) is 12.8 Å². The minimum atomic E-state index is -0.446. The SMILES string of the molecule is CN1C(=O)C(C/C=C/c2cccc(C#N)c2)/C(=C2/CC(c3cccc(C#N)c3)=CS2)N=C1N. The third-order valence-corrected chi connectivity index (χ3v) is 6.62. The number of thioether (sulfide) groups is 1. The molecule has 0 bridgehead atoms. The summed E-state index contributed by atoms with van der Waals surface area (Å²) < 4.78 is 0. The number of nitrogens with zero attached hydrogens (tertiary/aromatic N) is 4. The zero-order chi connectivity index (χ0) is 23.4. The summed E-state index contributed by atoms with van der Waals surface area (Å²) in [6, 6.07) is 19.1. The normalized spacial score (nSPS) is 20.4. The Morgan fingerprint density at radius 3 is 2.67 bits per heavy atom. The molecule has 0 saturated heterocycles. The first-order chi connectivity index (χ1) is 16.0. The number of nitrogens with two attached hydrogens (primary N) is 1. The molecule has 2 aliphatic rings. The molecule has 0 aliphatic carbocycles. The number of allylic oxidation sites excluding steroid dienone is 3. The standard InChI is InChI=1S/C26H21N5OS/c1-31-25(32)22(10-4-6-17-5-2-7-18(11-17)14-27)24(30-26(31)29)23-13-21(16-33-23)20-9-3-8-19(12-20)15-28/h2-9,11-12,16,22H,10,13H2,1H3,(H2,29,30)/b6-4+,24-23+. The predicted octanol–water partition coefficient (Wildman–Crippen LogP) is 4.63. The predicted molar refractivity (Wildman–Crippen MR) is 131 cm³/mol. The average molecular weight is 452 g/mol. The second-order valence-electron chi connectivity index (χ2n) is 7.73. The quantitative estimate of drug-likeness (QED) is 0.730. The van der Waals surface area contributed by atoms with Crippen LogP contribution in [0.4, 0.5) is 0 Å². The average Bonchev–Trinajstić information content (AvgIpc) is 3.34. The Bertz CT molecular complexity index is 1320. The van der Waals surface area contributed by atoms with Crippen molar-refractivity contribution >= 4 is 35.3 Å². The maximum Gasteiger partial charge on any atom is 0.238 e. The first-order valence-corrected chi connectivity index (χ1v) is 11.3. The van der Waals surface area contributed by atoms with Gasteiger partial charge in [0.15, 0.2) is 0 Å². The topological polar surface area (TPSA) is 106 Å². The van der Waals surface area contributed by atoms with Crippen molar-refractivity contribution in [2.75, 3.05) is 7.05 Å². The molecule has 0 fully saturated rings. The van der Waals surface area contributed by atoms with Gasteiger partial charge in [0.05, 0.1) is 34.9 Å². The molecule has 1 atom stereocenters. The van der Waals surface area contributed by atoms with Crippen LogP contribution in [0.3, 0.4) is 0 Å². The Balaban J connectivity index is 1.60. The number of carbonyl (C=O) groups is 1. The highest BCUT2D eigenvalue weighted by Crippen LogP contribution is 2.44. The van der Waals surface area contributed by atoms with Crippen molar-refractivity contribution in [3.8, 4) is 12.1 Å². The minimum Gasteiger partial charge on any atom is -0.369 e. The fourth-order valence-electron chi connectivity index (χ4n) is 3.77. The zero-order valence-electron chi connectivity index (χ0n) is 18.0. The van der Waals surface area contributed by atoms with Gasteiger partial charge in [-0.05, 0) is 52.8 Å². The molecule has 2 aliphatic heterocycles. The van der Waals surface area contributed by atoms with E-state index in [1.165, 1.54) is 4.90 Å². The highest BCUT2D eigenvalue weighted by Gasteiger charge is 2.34. The lowest BCUT2D eigenvalue weighted by Gasteiger charge is -2.29. The second kappa shape index (κ2) is 9.60. The number of nitriles is 2. The molecule has 162 valence electrons. The van der Waals surface area contributed by atoms with E-state index in [0.29, 0.717) is 29.7 Å². The lowest BCUT2D eigenvalue weighted by atomic mass is 9.94. The number of amides is 1. The van der Waals surface area contributed by atoms with Gasteiger partial charge in [-0.3, -0.25) is 9.69 Å². The summed E-state index contributed by atoms with van der Waals surface area (Å²) in [7, 11) is 1.63. The summed E-state index contributed by atoms with van der Waals surface area (Å²) in [6.07, 6.45) is 4.95. The van der Waals surface area contributed by atoms with Gasteiger partial charge in [-0.15, -0.1) is 0 Å². The van der Waals surface area contributed by atoms with Crippen LogP contribution in [0.5, 0.6) is 0 Å². The Hall–Kier alpha value is -4.07. The molecule has 1 unspecified atom stereocenters. The van der Waals surface area contributed by atoms with E-state index in [-0.39, 0.29) is 11.9 Å². The molecule has 7 heteroatoms. The highest BCUT2D eigenvalue weighted by molar-refractivity contribution is 8.06. The van der Waals surface area contributed by atoms with Crippen LogP contribution < -0.4 is 5.73 Å². The molecule has 0 radical (unpaired) electrons. The molecular formula is C26H21N5OS. The van der Waals surface area contributed by atoms with Gasteiger partial charge >= 0.3 is 0 Å². The van der Waals surface area contributed by atoms with Crippen LogP contribution in [-0.2, 0) is 4.79 Å². The fourth-order valence-corrected chi connectivity index (χ4v) is 4.82. The van der Waals surface area contributed by atoms with Crippen molar-refractivity contribution in [2.24, 2.45) is 16.6 Å². The van der Waals surface area contributed by atoms with Gasteiger partial charge in [0.25, 0.3) is 0 Å². The molecule has 0 saturated carbocycles. The minimum absolute atomic E-state index is 0.0963. The fraction of sp³-hybridized carbons (Fsp3) is 0.154. The third kappa shape index (κ3) is 4.74. The summed E-state index contributed by atoms with van der Waals surface area (Å²) in [5.41, 5.74) is 10.9. The summed E-state index contributed by atoms with van der Waals surface area (Å²) in [6.45, 7) is 0. The van der Waals surface area contributed by atoms with Gasteiger partial charge in [0.1, 0.15) is 0 Å². The number of benzene rings is 2. The summed E-state index contributed by atoms with van der Waals surface area (Å²) in [5.74, 6) is -0.357. The Morgan fingerprint density at radius 1 is 1.18 bits per heavy atom. The molecule has 33 heavy (non-hydrogen) atoms. The van der Waals surface area contributed by atoms with Crippen LogP contribution in [0.2, 0.25) is 0 Å². The Labute approximate surface area is 197 Å². The van der Waals surface area contributed by atoms with E-state index in [4.69, 9.17) is 11.0 Å². The molecule has 1 amide bonds. The van der Waals surface area contributed by atoms with Crippen molar-refractivity contribution < 1.29 is 4.79 Å². The molecule has 2 aromatic carbocycles. The van der Waals surface area contributed by atoms with Crippen molar-refractivity contribution in [3.63, 3.8) is 0 Å². The van der Waals surface area contributed by atoms with E-state index in [1.54, 1.807) is 37.0 Å². The number of hydrogen-bond donors (Lipinski definition) is 1. The van der Waals surface area contributed by atoms with Gasteiger partial charge in [-0.1, -0.05) is 48.2 Å². The van der Waals surface area contributed by atoms with Gasteiger partial charge in [0.2, 0.25) is 11.9 Å². The van der Waals surface area contributed by atoms with Crippen molar-refractivity contribution in [1.29, 1.82) is 10.5 Å². The number of hydrogen-bond acceptors (Lipinski definition) is 6. The molecular weight excluding hydrogens is 430 g/mol. The maximum atomic E-state index is 13.1. The van der Waals surface area contributed by atoms with E-state index in [2.05, 4.69) is 17.1 Å². The monoisotopic (exact) mass is 451 g/mol. The number of aliphatic imine (C=N–C) groups is 1. The van der Waals surface area contributed by atoms with E-state index < -0.39 is 5.92 Å². The van der Waals surface area contributed by atoms with E-state index in [9.17, 15) is 10.1 Å². The first kappa shape index (κ1) is 22.1. The summed E-state index contributed by atoms with van der Waals surface area (Å²) in [4.78, 5) is 20.0. The Morgan fingerprint density at radius 2 is 1.91 bits per heavy atom. The molecule has 2 heterocycles. The highest BCUT2D eigenvalue weighted by atomic mass is 32.2. The lowest BCUT2D eigenvalue weighted by molar-refractivity contribution is -0.129. The van der Waals surface area contributed by atoms with Gasteiger partial charge in [0, 0.05) is 18.4 Å². The lowest BCUT2D eigenvalue weighted by Crippen LogP contribution is -2.46. The van der Waals surface area contributed by atoms with E-state index in [1.807, 2.05) is 47.9 Å². The van der Waals surface area contributed by atoms with Crippen molar-refractivity contribution in [1.82, 2.24) is 4.90 Å². The summed E-state index contributed by atoms with van der Waals surface area (Å²) >= 11 is 1.55. The van der Waals surface area contributed by atoms with Gasteiger partial charge in [-0.2, -0.15) is 10.5 Å². The number of rotatable bonds is 4. The largest absolute Gasteiger partial charge is 0.369 e. The van der Waals surface area contributed by atoms with Crippen LogP contribution in [0.15, 0.2) is 75.6 Å². The second-order valence-corrected chi connectivity index (χ2v) is 8.70. The zero-order valence-corrected chi connectivity index (χ0v) is 18.8.